The minimum Gasteiger partial charge on any atom is -0.348 e. The smallest absolute Gasteiger partial charge is 0.252 e. The lowest BCUT2D eigenvalue weighted by Crippen LogP contribution is -2.37. The average Bonchev–Trinajstić information content (AvgIpc) is 3.45. The molecule has 0 aliphatic carbocycles. The predicted octanol–water partition coefficient (Wildman–Crippen LogP) is 3.41. The number of amides is 2. The fraction of sp³-hybridized carbons (Fsp3) is 0.417. The summed E-state index contributed by atoms with van der Waals surface area (Å²) in [5.74, 6) is 0.511. The van der Waals surface area contributed by atoms with Crippen LogP contribution < -0.4 is 5.32 Å². The maximum absolute atomic E-state index is 12.9. The Balaban J connectivity index is 1.31. The van der Waals surface area contributed by atoms with Crippen LogP contribution in [0.5, 0.6) is 0 Å². The van der Waals surface area contributed by atoms with Crippen molar-refractivity contribution in [1.82, 2.24) is 15.1 Å². The normalized spacial score (nSPS) is 19.2. The van der Waals surface area contributed by atoms with Crippen molar-refractivity contribution < 1.29 is 9.59 Å². The lowest BCUT2D eigenvalue weighted by molar-refractivity contribution is -0.127. The Kier molecular flexibility index (Phi) is 7.07. The van der Waals surface area contributed by atoms with Gasteiger partial charge in [0, 0.05) is 43.7 Å². The van der Waals surface area contributed by atoms with Gasteiger partial charge in [0.15, 0.2) is 0 Å². The van der Waals surface area contributed by atoms with E-state index in [9.17, 15) is 9.59 Å². The van der Waals surface area contributed by atoms with Gasteiger partial charge in [-0.25, -0.2) is 0 Å². The van der Waals surface area contributed by atoms with Gasteiger partial charge in [0.25, 0.3) is 5.91 Å². The van der Waals surface area contributed by atoms with Crippen LogP contribution >= 0.6 is 11.8 Å². The van der Waals surface area contributed by atoms with E-state index in [0.717, 1.165) is 56.9 Å². The molecule has 2 aliphatic rings. The summed E-state index contributed by atoms with van der Waals surface area (Å²) in [5, 5.41) is 3.20. The summed E-state index contributed by atoms with van der Waals surface area (Å²) in [5.41, 5.74) is 1.96. The van der Waals surface area contributed by atoms with Gasteiger partial charge >= 0.3 is 0 Å². The summed E-state index contributed by atoms with van der Waals surface area (Å²) in [6, 6.07) is 18.2. The number of hydrogen-bond acceptors (Lipinski definition) is 4. The zero-order chi connectivity index (χ0) is 20.8. The van der Waals surface area contributed by atoms with Crippen molar-refractivity contribution in [2.24, 2.45) is 0 Å². The second kappa shape index (κ2) is 10.1. The zero-order valence-corrected chi connectivity index (χ0v) is 18.1. The Morgan fingerprint density at radius 3 is 2.50 bits per heavy atom. The molecule has 158 valence electrons. The molecular weight excluding hydrogens is 394 g/mol. The van der Waals surface area contributed by atoms with E-state index in [1.807, 2.05) is 35.2 Å². The van der Waals surface area contributed by atoms with Gasteiger partial charge in [-0.2, -0.15) is 0 Å². The SMILES string of the molecule is O=C(NC1CCN(Cc2ccccc2)C1)c1ccccc1SCC(=O)N1CCCC1. The first-order valence-electron chi connectivity index (χ1n) is 10.8. The van der Waals surface area contributed by atoms with E-state index in [1.54, 1.807) is 0 Å². The molecule has 2 fully saturated rings. The van der Waals surface area contributed by atoms with E-state index in [-0.39, 0.29) is 17.9 Å². The number of nitrogens with one attached hydrogen (secondary N) is 1. The highest BCUT2D eigenvalue weighted by atomic mass is 32.2. The van der Waals surface area contributed by atoms with E-state index in [1.165, 1.54) is 17.3 Å². The van der Waals surface area contributed by atoms with Crippen LogP contribution in [-0.4, -0.2) is 59.6 Å². The predicted molar refractivity (Wildman–Crippen MR) is 121 cm³/mol. The van der Waals surface area contributed by atoms with Crippen molar-refractivity contribution in [2.75, 3.05) is 31.9 Å². The van der Waals surface area contributed by atoms with Crippen LogP contribution in [0.3, 0.4) is 0 Å². The number of likely N-dealkylation sites (tertiary alicyclic amines) is 2. The van der Waals surface area contributed by atoms with E-state index in [4.69, 9.17) is 0 Å². The van der Waals surface area contributed by atoms with Crippen molar-refractivity contribution in [2.45, 2.75) is 36.7 Å². The molecule has 1 N–H and O–H groups in total. The molecule has 2 aromatic rings. The zero-order valence-electron chi connectivity index (χ0n) is 17.3. The number of thioether (sulfide) groups is 1. The van der Waals surface area contributed by atoms with Gasteiger partial charge in [0.05, 0.1) is 11.3 Å². The van der Waals surface area contributed by atoms with Crippen molar-refractivity contribution in [3.05, 3.63) is 65.7 Å². The Bertz CT molecular complexity index is 868. The first-order valence-corrected chi connectivity index (χ1v) is 11.7. The van der Waals surface area contributed by atoms with Gasteiger partial charge in [0.1, 0.15) is 0 Å². The maximum Gasteiger partial charge on any atom is 0.252 e. The minimum absolute atomic E-state index is 0.0433. The van der Waals surface area contributed by atoms with Crippen LogP contribution in [0.4, 0.5) is 0 Å². The van der Waals surface area contributed by atoms with Crippen molar-refractivity contribution in [3.8, 4) is 0 Å². The van der Waals surface area contributed by atoms with Gasteiger partial charge in [-0.1, -0.05) is 42.5 Å². The summed E-state index contributed by atoms with van der Waals surface area (Å²) in [6.45, 7) is 4.49. The second-order valence-electron chi connectivity index (χ2n) is 8.05. The molecule has 5 nitrogen and oxygen atoms in total. The molecule has 0 bridgehead atoms. The molecule has 0 radical (unpaired) electrons. The molecule has 0 spiro atoms. The first-order chi connectivity index (χ1) is 14.7. The number of benzene rings is 2. The Hall–Kier alpha value is -2.31. The molecule has 2 aliphatic heterocycles. The Morgan fingerprint density at radius 1 is 0.967 bits per heavy atom. The third kappa shape index (κ3) is 5.43. The van der Waals surface area contributed by atoms with Crippen molar-refractivity contribution in [3.63, 3.8) is 0 Å². The third-order valence-electron chi connectivity index (χ3n) is 5.80. The molecule has 6 heteroatoms. The van der Waals surface area contributed by atoms with Crippen LogP contribution in [0.2, 0.25) is 0 Å². The molecule has 30 heavy (non-hydrogen) atoms. The summed E-state index contributed by atoms with van der Waals surface area (Å²) >= 11 is 1.47. The highest BCUT2D eigenvalue weighted by molar-refractivity contribution is 8.00. The highest BCUT2D eigenvalue weighted by Crippen LogP contribution is 2.24. The summed E-state index contributed by atoms with van der Waals surface area (Å²) in [4.78, 5) is 30.5. The van der Waals surface area contributed by atoms with Crippen LogP contribution in [0.1, 0.15) is 35.2 Å². The lowest BCUT2D eigenvalue weighted by atomic mass is 10.2. The minimum atomic E-state index is -0.0433. The molecule has 2 heterocycles. The van der Waals surface area contributed by atoms with Gasteiger partial charge in [-0.15, -0.1) is 11.8 Å². The number of carbonyl (C=O) groups excluding carboxylic acids is 2. The van der Waals surface area contributed by atoms with Crippen molar-refractivity contribution >= 4 is 23.6 Å². The molecule has 0 aromatic heterocycles. The molecule has 4 rings (SSSR count). The number of nitrogens with zero attached hydrogens (tertiary/aromatic N) is 2. The van der Waals surface area contributed by atoms with Crippen LogP contribution in [0.15, 0.2) is 59.5 Å². The van der Waals surface area contributed by atoms with Crippen LogP contribution in [-0.2, 0) is 11.3 Å². The fourth-order valence-corrected chi connectivity index (χ4v) is 5.13. The molecular formula is C24H29N3O2S. The monoisotopic (exact) mass is 423 g/mol. The summed E-state index contributed by atoms with van der Waals surface area (Å²) < 4.78 is 0. The Morgan fingerprint density at radius 2 is 1.70 bits per heavy atom. The maximum atomic E-state index is 12.9. The largest absolute Gasteiger partial charge is 0.348 e. The van der Waals surface area contributed by atoms with Gasteiger partial charge in [-0.3, -0.25) is 14.5 Å². The van der Waals surface area contributed by atoms with Crippen molar-refractivity contribution in [1.29, 1.82) is 0 Å². The molecule has 1 atom stereocenters. The third-order valence-corrected chi connectivity index (χ3v) is 6.86. The standard InChI is InChI=1S/C24H29N3O2S/c28-23(27-13-6-7-14-27)18-30-22-11-5-4-10-21(22)24(29)25-20-12-15-26(17-20)16-19-8-2-1-3-9-19/h1-5,8-11,20H,6-7,12-18H2,(H,25,29). The van der Waals surface area contributed by atoms with E-state index < -0.39 is 0 Å². The quantitative estimate of drug-likeness (QED) is 0.694. The second-order valence-corrected chi connectivity index (χ2v) is 9.07. The summed E-state index contributed by atoms with van der Waals surface area (Å²) in [6.07, 6.45) is 3.15. The Labute approximate surface area is 182 Å². The highest BCUT2D eigenvalue weighted by Gasteiger charge is 2.25. The first kappa shape index (κ1) is 20.9. The number of hydrogen-bond donors (Lipinski definition) is 1. The lowest BCUT2D eigenvalue weighted by Gasteiger charge is -2.18. The molecule has 2 saturated heterocycles. The van der Waals surface area contributed by atoms with E-state index in [2.05, 4.69) is 34.5 Å². The number of carbonyl (C=O) groups is 2. The fourth-order valence-electron chi connectivity index (χ4n) is 4.18. The van der Waals surface area contributed by atoms with E-state index >= 15 is 0 Å². The van der Waals surface area contributed by atoms with Crippen LogP contribution in [0.25, 0.3) is 0 Å². The van der Waals surface area contributed by atoms with E-state index in [0.29, 0.717) is 11.3 Å². The molecule has 1 unspecified atom stereocenters. The topological polar surface area (TPSA) is 52.7 Å². The molecule has 2 amide bonds. The summed E-state index contributed by atoms with van der Waals surface area (Å²) in [7, 11) is 0. The van der Waals surface area contributed by atoms with Gasteiger partial charge < -0.3 is 10.2 Å². The van der Waals surface area contributed by atoms with Gasteiger partial charge in [0.2, 0.25) is 5.91 Å². The molecule has 2 aromatic carbocycles. The van der Waals surface area contributed by atoms with Gasteiger partial charge in [-0.05, 0) is 37.0 Å². The van der Waals surface area contributed by atoms with Crippen LogP contribution in [0, 0.1) is 0 Å². The number of rotatable bonds is 7. The average molecular weight is 424 g/mol. The molecule has 0 saturated carbocycles.